The Morgan fingerprint density at radius 3 is 2.35 bits per heavy atom. The summed E-state index contributed by atoms with van der Waals surface area (Å²) in [6.07, 6.45) is 0. The minimum atomic E-state index is 0.174. The molecule has 0 aromatic heterocycles. The quantitative estimate of drug-likeness (QED) is 0.843. The molecular weight excluding hydrogens is 208 g/mol. The highest BCUT2D eigenvalue weighted by Gasteiger charge is 2.22. The van der Waals surface area contributed by atoms with Gasteiger partial charge in [-0.25, -0.2) is 0 Å². The van der Waals surface area contributed by atoms with Crippen LogP contribution in [0.1, 0.15) is 30.5 Å². The Balaban J connectivity index is 2.73. The van der Waals surface area contributed by atoms with Gasteiger partial charge in [0.1, 0.15) is 0 Å². The predicted octanol–water partition coefficient (Wildman–Crippen LogP) is 2.73. The summed E-state index contributed by atoms with van der Waals surface area (Å²) in [5.41, 5.74) is 4.31. The minimum Gasteiger partial charge on any atom is -0.318 e. The molecule has 2 nitrogen and oxygen atoms in total. The molecule has 0 fully saturated rings. The van der Waals surface area contributed by atoms with Crippen LogP contribution in [0, 0.1) is 13.8 Å². The van der Waals surface area contributed by atoms with Crippen LogP contribution in [-0.2, 0) is 6.54 Å². The van der Waals surface area contributed by atoms with Crippen molar-refractivity contribution in [2.24, 2.45) is 0 Å². The van der Waals surface area contributed by atoms with Crippen LogP contribution in [0.2, 0.25) is 0 Å². The van der Waals surface area contributed by atoms with Gasteiger partial charge < -0.3 is 5.32 Å². The van der Waals surface area contributed by atoms with Gasteiger partial charge in [0.05, 0.1) is 0 Å². The molecule has 0 radical (unpaired) electrons. The van der Waals surface area contributed by atoms with Crippen molar-refractivity contribution in [3.8, 4) is 0 Å². The standard InChI is InChI=1S/C15H26N2/c1-12-7-8-14(9-13(12)2)10-17(6)15(3,4)11-16-5/h7-9,16H,10-11H2,1-6H3. The number of likely N-dealkylation sites (N-methyl/N-ethyl adjacent to an activating group) is 2. The van der Waals surface area contributed by atoms with E-state index < -0.39 is 0 Å². The van der Waals surface area contributed by atoms with Crippen LogP contribution in [0.25, 0.3) is 0 Å². The zero-order valence-corrected chi connectivity index (χ0v) is 12.1. The fraction of sp³-hybridized carbons (Fsp3) is 0.600. The van der Waals surface area contributed by atoms with Crippen molar-refractivity contribution in [2.45, 2.75) is 39.8 Å². The zero-order valence-electron chi connectivity index (χ0n) is 12.1. The third-order valence-corrected chi connectivity index (χ3v) is 3.63. The average Bonchev–Trinajstić information content (AvgIpc) is 2.23. The van der Waals surface area contributed by atoms with Crippen LogP contribution in [0.5, 0.6) is 0 Å². The summed E-state index contributed by atoms with van der Waals surface area (Å²) < 4.78 is 0. The number of rotatable bonds is 5. The zero-order chi connectivity index (χ0) is 13.1. The Kier molecular flexibility index (Phi) is 4.72. The largest absolute Gasteiger partial charge is 0.318 e. The number of hydrogen-bond donors (Lipinski definition) is 1. The highest BCUT2D eigenvalue weighted by Crippen LogP contribution is 2.17. The van der Waals surface area contributed by atoms with E-state index in [2.05, 4.69) is 63.2 Å². The molecule has 17 heavy (non-hydrogen) atoms. The normalized spacial score (nSPS) is 12.2. The van der Waals surface area contributed by atoms with Crippen LogP contribution >= 0.6 is 0 Å². The maximum atomic E-state index is 3.25. The Labute approximate surface area is 106 Å². The van der Waals surface area contributed by atoms with E-state index in [0.717, 1.165) is 13.1 Å². The van der Waals surface area contributed by atoms with Crippen LogP contribution in [-0.4, -0.2) is 31.1 Å². The van der Waals surface area contributed by atoms with E-state index in [1.54, 1.807) is 0 Å². The Morgan fingerprint density at radius 2 is 1.82 bits per heavy atom. The summed E-state index contributed by atoms with van der Waals surface area (Å²) in [5, 5.41) is 3.25. The summed E-state index contributed by atoms with van der Waals surface area (Å²) in [6, 6.07) is 6.74. The van der Waals surface area contributed by atoms with Gasteiger partial charge in [-0.05, 0) is 58.5 Å². The number of benzene rings is 1. The van der Waals surface area contributed by atoms with Gasteiger partial charge in [0, 0.05) is 18.6 Å². The first-order chi connectivity index (χ1) is 7.86. The van der Waals surface area contributed by atoms with Gasteiger partial charge in [-0.1, -0.05) is 18.2 Å². The van der Waals surface area contributed by atoms with E-state index in [-0.39, 0.29) is 5.54 Å². The molecule has 0 aliphatic carbocycles. The lowest BCUT2D eigenvalue weighted by atomic mass is 10.0. The van der Waals surface area contributed by atoms with Crippen molar-refractivity contribution in [1.82, 2.24) is 10.2 Å². The molecule has 0 heterocycles. The molecule has 0 bridgehead atoms. The molecule has 1 rings (SSSR count). The van der Waals surface area contributed by atoms with E-state index in [1.807, 2.05) is 7.05 Å². The molecule has 0 unspecified atom stereocenters. The van der Waals surface area contributed by atoms with Crippen LogP contribution < -0.4 is 5.32 Å². The number of aryl methyl sites for hydroxylation is 2. The fourth-order valence-electron chi connectivity index (χ4n) is 1.96. The topological polar surface area (TPSA) is 15.3 Å². The van der Waals surface area contributed by atoms with Crippen molar-refractivity contribution in [3.63, 3.8) is 0 Å². The van der Waals surface area contributed by atoms with Gasteiger partial charge in [0.15, 0.2) is 0 Å². The number of nitrogens with one attached hydrogen (secondary N) is 1. The van der Waals surface area contributed by atoms with Crippen molar-refractivity contribution >= 4 is 0 Å². The second kappa shape index (κ2) is 5.65. The van der Waals surface area contributed by atoms with Crippen molar-refractivity contribution < 1.29 is 0 Å². The van der Waals surface area contributed by atoms with Gasteiger partial charge in [-0.15, -0.1) is 0 Å². The molecule has 1 aromatic rings. The first-order valence-corrected chi connectivity index (χ1v) is 6.29. The molecule has 0 aliphatic heterocycles. The summed E-state index contributed by atoms with van der Waals surface area (Å²) in [5.74, 6) is 0. The second-order valence-electron chi connectivity index (χ2n) is 5.62. The Bertz CT molecular complexity index is 369. The molecule has 0 saturated heterocycles. The van der Waals surface area contributed by atoms with Crippen molar-refractivity contribution in [1.29, 1.82) is 0 Å². The molecule has 0 spiro atoms. The molecule has 96 valence electrons. The van der Waals surface area contributed by atoms with E-state index in [1.165, 1.54) is 16.7 Å². The lowest BCUT2D eigenvalue weighted by Crippen LogP contribution is -2.47. The van der Waals surface area contributed by atoms with Crippen LogP contribution in [0.3, 0.4) is 0 Å². The smallest absolute Gasteiger partial charge is 0.0278 e. The summed E-state index contributed by atoms with van der Waals surface area (Å²) >= 11 is 0. The van der Waals surface area contributed by atoms with Gasteiger partial charge in [0.2, 0.25) is 0 Å². The fourth-order valence-corrected chi connectivity index (χ4v) is 1.96. The van der Waals surface area contributed by atoms with Gasteiger partial charge >= 0.3 is 0 Å². The van der Waals surface area contributed by atoms with Crippen LogP contribution in [0.4, 0.5) is 0 Å². The highest BCUT2D eigenvalue weighted by atomic mass is 15.2. The van der Waals surface area contributed by atoms with Crippen LogP contribution in [0.15, 0.2) is 18.2 Å². The summed E-state index contributed by atoms with van der Waals surface area (Å²) in [7, 11) is 4.19. The maximum absolute atomic E-state index is 3.25. The molecule has 1 N–H and O–H groups in total. The SMILES string of the molecule is CNCC(C)(C)N(C)Cc1ccc(C)c(C)c1. The number of nitrogens with zero attached hydrogens (tertiary/aromatic N) is 1. The Hall–Kier alpha value is -0.860. The van der Waals surface area contributed by atoms with E-state index in [9.17, 15) is 0 Å². The summed E-state index contributed by atoms with van der Waals surface area (Å²) in [6.45, 7) is 10.9. The van der Waals surface area contributed by atoms with Gasteiger partial charge in [-0.2, -0.15) is 0 Å². The Morgan fingerprint density at radius 1 is 1.18 bits per heavy atom. The van der Waals surface area contributed by atoms with E-state index >= 15 is 0 Å². The van der Waals surface area contributed by atoms with Gasteiger partial charge in [0.25, 0.3) is 0 Å². The van der Waals surface area contributed by atoms with Crippen molar-refractivity contribution in [2.75, 3.05) is 20.6 Å². The molecule has 2 heteroatoms. The number of hydrogen-bond acceptors (Lipinski definition) is 2. The first kappa shape index (κ1) is 14.2. The maximum Gasteiger partial charge on any atom is 0.0278 e. The minimum absolute atomic E-state index is 0.174. The first-order valence-electron chi connectivity index (χ1n) is 6.29. The molecule has 0 aliphatic rings. The highest BCUT2D eigenvalue weighted by molar-refractivity contribution is 5.29. The summed E-state index contributed by atoms with van der Waals surface area (Å²) in [4.78, 5) is 2.40. The molecule has 0 atom stereocenters. The third-order valence-electron chi connectivity index (χ3n) is 3.63. The second-order valence-corrected chi connectivity index (χ2v) is 5.62. The predicted molar refractivity (Wildman–Crippen MR) is 75.4 cm³/mol. The monoisotopic (exact) mass is 234 g/mol. The lowest BCUT2D eigenvalue weighted by Gasteiger charge is -2.35. The molecule has 1 aromatic carbocycles. The lowest BCUT2D eigenvalue weighted by molar-refractivity contribution is 0.147. The molecule has 0 amide bonds. The van der Waals surface area contributed by atoms with E-state index in [0.29, 0.717) is 0 Å². The van der Waals surface area contributed by atoms with Crippen molar-refractivity contribution in [3.05, 3.63) is 34.9 Å². The molecular formula is C15H26N2. The molecule has 0 saturated carbocycles. The van der Waals surface area contributed by atoms with Gasteiger partial charge in [-0.3, -0.25) is 4.90 Å². The average molecular weight is 234 g/mol. The van der Waals surface area contributed by atoms with E-state index in [4.69, 9.17) is 0 Å². The third kappa shape index (κ3) is 3.83.